The Morgan fingerprint density at radius 1 is 1.47 bits per heavy atom. The number of aliphatic hydroxyl groups is 1. The van der Waals surface area contributed by atoms with Crippen LogP contribution in [0.3, 0.4) is 0 Å². The lowest BCUT2D eigenvalue weighted by Crippen LogP contribution is -2.32. The van der Waals surface area contributed by atoms with Crippen molar-refractivity contribution in [1.29, 1.82) is 0 Å². The van der Waals surface area contributed by atoms with Crippen molar-refractivity contribution in [3.8, 4) is 0 Å². The van der Waals surface area contributed by atoms with Gasteiger partial charge >= 0.3 is 0 Å². The lowest BCUT2D eigenvalue weighted by Gasteiger charge is -2.14. The molecule has 108 valence electrons. The number of hydrogen-bond donors (Lipinski definition) is 2. The van der Waals surface area contributed by atoms with E-state index in [4.69, 9.17) is 9.84 Å². The van der Waals surface area contributed by atoms with Crippen LogP contribution in [0.25, 0.3) is 0 Å². The molecule has 0 bridgehead atoms. The summed E-state index contributed by atoms with van der Waals surface area (Å²) in [6.07, 6.45) is -0.286. The fraction of sp³-hybridized carbons (Fsp3) is 0.500. The van der Waals surface area contributed by atoms with Crippen molar-refractivity contribution < 1.29 is 22.7 Å². The molecule has 7 heteroatoms. The molecule has 2 N–H and O–H groups in total. The Balaban J connectivity index is 2.91. The molecule has 1 aromatic carbocycles. The molecule has 1 rings (SSSR count). The zero-order valence-electron chi connectivity index (χ0n) is 10.9. The second-order valence-electron chi connectivity index (χ2n) is 4.03. The molecule has 0 radical (unpaired) electrons. The Morgan fingerprint density at radius 3 is 2.74 bits per heavy atom. The first kappa shape index (κ1) is 16.0. The van der Waals surface area contributed by atoms with Crippen LogP contribution < -0.4 is 4.72 Å². The van der Waals surface area contributed by atoms with Crippen LogP contribution in [-0.4, -0.2) is 32.8 Å². The smallest absolute Gasteiger partial charge is 0.241 e. The van der Waals surface area contributed by atoms with E-state index in [2.05, 4.69) is 4.72 Å². The number of benzene rings is 1. The van der Waals surface area contributed by atoms with E-state index in [9.17, 15) is 12.8 Å². The molecule has 0 aliphatic heterocycles. The minimum atomic E-state index is -3.87. The van der Waals surface area contributed by atoms with Crippen molar-refractivity contribution in [3.63, 3.8) is 0 Å². The second kappa shape index (κ2) is 6.95. The molecular formula is C12H18FNO4S. The lowest BCUT2D eigenvalue weighted by molar-refractivity contribution is 0.0799. The topological polar surface area (TPSA) is 75.6 Å². The monoisotopic (exact) mass is 291 g/mol. The predicted molar refractivity (Wildman–Crippen MR) is 68.6 cm³/mol. The summed E-state index contributed by atoms with van der Waals surface area (Å²) in [5.74, 6) is -0.671. The highest BCUT2D eigenvalue weighted by atomic mass is 32.2. The van der Waals surface area contributed by atoms with Crippen LogP contribution in [-0.2, 0) is 21.4 Å². The van der Waals surface area contributed by atoms with E-state index in [1.54, 1.807) is 13.8 Å². The molecule has 5 nitrogen and oxygen atoms in total. The third kappa shape index (κ3) is 4.54. The van der Waals surface area contributed by atoms with Gasteiger partial charge < -0.3 is 9.84 Å². The van der Waals surface area contributed by atoms with Crippen molar-refractivity contribution in [2.75, 3.05) is 13.2 Å². The highest BCUT2D eigenvalue weighted by molar-refractivity contribution is 7.89. The van der Waals surface area contributed by atoms with Crippen LogP contribution in [0.5, 0.6) is 0 Å². The van der Waals surface area contributed by atoms with Gasteiger partial charge in [0.1, 0.15) is 5.82 Å². The third-order valence-corrected chi connectivity index (χ3v) is 4.01. The Labute approximate surface area is 112 Å². The van der Waals surface area contributed by atoms with E-state index in [0.717, 1.165) is 12.1 Å². The van der Waals surface area contributed by atoms with E-state index in [-0.39, 0.29) is 23.1 Å². The fourth-order valence-electron chi connectivity index (χ4n) is 1.56. The van der Waals surface area contributed by atoms with E-state index in [0.29, 0.717) is 6.61 Å². The van der Waals surface area contributed by atoms with Crippen LogP contribution in [0.4, 0.5) is 4.39 Å². The molecule has 0 aliphatic carbocycles. The van der Waals surface area contributed by atoms with E-state index in [1.807, 2.05) is 0 Å². The van der Waals surface area contributed by atoms with Gasteiger partial charge in [0.15, 0.2) is 0 Å². The van der Waals surface area contributed by atoms with Gasteiger partial charge in [-0.1, -0.05) is 6.07 Å². The summed E-state index contributed by atoms with van der Waals surface area (Å²) in [7, 11) is -3.87. The fourth-order valence-corrected chi connectivity index (χ4v) is 2.91. The van der Waals surface area contributed by atoms with Gasteiger partial charge in [0.05, 0.1) is 17.6 Å². The van der Waals surface area contributed by atoms with Gasteiger partial charge in [-0.05, 0) is 31.5 Å². The Kier molecular flexibility index (Phi) is 5.86. The van der Waals surface area contributed by atoms with Crippen molar-refractivity contribution in [3.05, 3.63) is 29.6 Å². The largest absolute Gasteiger partial charge is 0.392 e. The maximum atomic E-state index is 13.1. The maximum Gasteiger partial charge on any atom is 0.241 e. The molecule has 1 atom stereocenters. The Morgan fingerprint density at radius 2 is 2.16 bits per heavy atom. The number of sulfonamides is 1. The summed E-state index contributed by atoms with van der Waals surface area (Å²) >= 11 is 0. The van der Waals surface area contributed by atoms with Gasteiger partial charge in [0.25, 0.3) is 0 Å². The molecule has 19 heavy (non-hydrogen) atoms. The molecule has 0 fully saturated rings. The van der Waals surface area contributed by atoms with Crippen LogP contribution in [0.2, 0.25) is 0 Å². The van der Waals surface area contributed by atoms with Crippen LogP contribution in [0.15, 0.2) is 23.1 Å². The van der Waals surface area contributed by atoms with E-state index >= 15 is 0 Å². The number of hydrogen-bond acceptors (Lipinski definition) is 4. The molecule has 0 aromatic heterocycles. The molecule has 0 spiro atoms. The maximum absolute atomic E-state index is 13.1. The lowest BCUT2D eigenvalue weighted by atomic mass is 10.2. The van der Waals surface area contributed by atoms with E-state index in [1.165, 1.54) is 6.07 Å². The second-order valence-corrected chi connectivity index (χ2v) is 5.76. The first-order valence-corrected chi connectivity index (χ1v) is 7.39. The van der Waals surface area contributed by atoms with Crippen molar-refractivity contribution >= 4 is 10.0 Å². The van der Waals surface area contributed by atoms with Gasteiger partial charge in [-0.15, -0.1) is 0 Å². The summed E-state index contributed by atoms with van der Waals surface area (Å²) in [5.41, 5.74) is 0.151. The third-order valence-electron chi connectivity index (χ3n) is 2.50. The summed E-state index contributed by atoms with van der Waals surface area (Å²) in [5, 5.41) is 9.09. The number of rotatable bonds is 7. The van der Waals surface area contributed by atoms with Crippen LogP contribution in [0, 0.1) is 5.82 Å². The predicted octanol–water partition coefficient (Wildman–Crippen LogP) is 1.02. The molecule has 0 aliphatic rings. The van der Waals surface area contributed by atoms with Crippen molar-refractivity contribution in [1.82, 2.24) is 4.72 Å². The van der Waals surface area contributed by atoms with Gasteiger partial charge in [-0.2, -0.15) is 0 Å². The Bertz CT molecular complexity index is 518. The molecule has 0 heterocycles. The van der Waals surface area contributed by atoms with Crippen molar-refractivity contribution in [2.45, 2.75) is 31.5 Å². The molecule has 0 saturated carbocycles. The molecule has 0 amide bonds. The summed E-state index contributed by atoms with van der Waals surface area (Å²) in [4.78, 5) is -0.251. The van der Waals surface area contributed by atoms with Gasteiger partial charge in [-0.3, -0.25) is 0 Å². The van der Waals surface area contributed by atoms with Gasteiger partial charge in [-0.25, -0.2) is 17.5 Å². The molecule has 0 saturated heterocycles. The first-order valence-electron chi connectivity index (χ1n) is 5.91. The van der Waals surface area contributed by atoms with Crippen LogP contribution in [0.1, 0.15) is 19.4 Å². The molecule has 1 aromatic rings. The zero-order chi connectivity index (χ0) is 14.5. The SMILES string of the molecule is CCOC(C)CNS(=O)(=O)c1cc(F)ccc1CO. The average molecular weight is 291 g/mol. The zero-order valence-corrected chi connectivity index (χ0v) is 11.7. The number of nitrogens with one attached hydrogen (secondary N) is 1. The highest BCUT2D eigenvalue weighted by Crippen LogP contribution is 2.17. The van der Waals surface area contributed by atoms with Gasteiger partial charge in [0.2, 0.25) is 10.0 Å². The van der Waals surface area contributed by atoms with Crippen LogP contribution >= 0.6 is 0 Å². The summed E-state index contributed by atoms with van der Waals surface area (Å²) < 4.78 is 44.7. The Hall–Kier alpha value is -1.02. The minimum absolute atomic E-state index is 0.0809. The van der Waals surface area contributed by atoms with Crippen molar-refractivity contribution in [2.24, 2.45) is 0 Å². The quantitative estimate of drug-likeness (QED) is 0.786. The molecule has 1 unspecified atom stereocenters. The highest BCUT2D eigenvalue weighted by Gasteiger charge is 2.19. The number of halogens is 1. The van der Waals surface area contributed by atoms with E-state index < -0.39 is 22.4 Å². The number of ether oxygens (including phenoxy) is 1. The molecular weight excluding hydrogens is 273 g/mol. The first-order chi connectivity index (χ1) is 8.90. The summed E-state index contributed by atoms with van der Waals surface area (Å²) in [6, 6.07) is 3.24. The minimum Gasteiger partial charge on any atom is -0.392 e. The van der Waals surface area contributed by atoms with Gasteiger partial charge in [0, 0.05) is 13.2 Å². The summed E-state index contributed by atoms with van der Waals surface area (Å²) in [6.45, 7) is 3.62. The average Bonchev–Trinajstić information content (AvgIpc) is 2.37. The number of aliphatic hydroxyl groups excluding tert-OH is 1. The normalized spacial score (nSPS) is 13.5. The standard InChI is InChI=1S/C12H18FNO4S/c1-3-18-9(2)7-14-19(16,17)12-6-11(13)5-4-10(12)8-15/h4-6,9,14-15H,3,7-8H2,1-2H3.